The van der Waals surface area contributed by atoms with Crippen LogP contribution < -0.4 is 5.32 Å². The van der Waals surface area contributed by atoms with Crippen molar-refractivity contribution in [2.45, 2.75) is 32.2 Å². The van der Waals surface area contributed by atoms with E-state index in [2.05, 4.69) is 43.4 Å². The van der Waals surface area contributed by atoms with Crippen LogP contribution in [0.3, 0.4) is 0 Å². The summed E-state index contributed by atoms with van der Waals surface area (Å²) in [5.41, 5.74) is 2.31. The van der Waals surface area contributed by atoms with Gasteiger partial charge in [0.05, 0.1) is 5.54 Å². The standard InChI is InChI=1S/C12H15NO/c1-9-3-5-10(6-4-9)12(2)8-7-11(14)13-12/h3-6H,7-8H2,1-2H3,(H,13,14). The van der Waals surface area contributed by atoms with E-state index in [-0.39, 0.29) is 11.4 Å². The molecule has 2 rings (SSSR count). The number of nitrogens with one attached hydrogen (secondary N) is 1. The molecule has 2 heteroatoms. The summed E-state index contributed by atoms with van der Waals surface area (Å²) in [6, 6.07) is 8.37. The smallest absolute Gasteiger partial charge is 0.220 e. The fourth-order valence-electron chi connectivity index (χ4n) is 1.93. The largest absolute Gasteiger partial charge is 0.347 e. The molecule has 2 nitrogen and oxygen atoms in total. The average molecular weight is 189 g/mol. The second kappa shape index (κ2) is 3.12. The van der Waals surface area contributed by atoms with Gasteiger partial charge in [0.2, 0.25) is 5.91 Å². The van der Waals surface area contributed by atoms with Crippen LogP contribution in [0.25, 0.3) is 0 Å². The molecule has 1 aliphatic rings. The van der Waals surface area contributed by atoms with Gasteiger partial charge >= 0.3 is 0 Å². The van der Waals surface area contributed by atoms with Gasteiger partial charge in [0.15, 0.2) is 0 Å². The van der Waals surface area contributed by atoms with Gasteiger partial charge in [-0.25, -0.2) is 0 Å². The van der Waals surface area contributed by atoms with Crippen LogP contribution in [-0.4, -0.2) is 5.91 Å². The summed E-state index contributed by atoms with van der Waals surface area (Å²) < 4.78 is 0. The first-order valence-electron chi connectivity index (χ1n) is 4.98. The fraction of sp³-hybridized carbons (Fsp3) is 0.417. The van der Waals surface area contributed by atoms with Crippen LogP contribution in [0.5, 0.6) is 0 Å². The molecule has 0 aliphatic carbocycles. The Morgan fingerprint density at radius 1 is 1.29 bits per heavy atom. The number of benzene rings is 1. The third kappa shape index (κ3) is 1.52. The molecule has 1 atom stereocenters. The highest BCUT2D eigenvalue weighted by molar-refractivity contribution is 5.79. The van der Waals surface area contributed by atoms with E-state index in [0.717, 1.165) is 6.42 Å². The zero-order valence-electron chi connectivity index (χ0n) is 8.63. The quantitative estimate of drug-likeness (QED) is 0.720. The summed E-state index contributed by atoms with van der Waals surface area (Å²) in [6.45, 7) is 4.15. The summed E-state index contributed by atoms with van der Waals surface area (Å²) in [5, 5.41) is 3.03. The van der Waals surface area contributed by atoms with Gasteiger partial charge in [0.1, 0.15) is 0 Å². The van der Waals surface area contributed by atoms with Gasteiger partial charge in [-0.2, -0.15) is 0 Å². The van der Waals surface area contributed by atoms with Crippen LogP contribution in [0.1, 0.15) is 30.9 Å². The molecular weight excluding hydrogens is 174 g/mol. The summed E-state index contributed by atoms with van der Waals surface area (Å²) in [6.07, 6.45) is 1.54. The van der Waals surface area contributed by atoms with Gasteiger partial charge in [-0.15, -0.1) is 0 Å². The van der Waals surface area contributed by atoms with E-state index in [1.807, 2.05) is 0 Å². The SMILES string of the molecule is Cc1ccc(C2(C)CCC(=O)N2)cc1. The van der Waals surface area contributed by atoms with Crippen molar-refractivity contribution in [2.75, 3.05) is 0 Å². The van der Waals surface area contributed by atoms with E-state index in [4.69, 9.17) is 0 Å². The minimum absolute atomic E-state index is 0.148. The summed E-state index contributed by atoms with van der Waals surface area (Å²) >= 11 is 0. The lowest BCUT2D eigenvalue weighted by Gasteiger charge is -2.24. The Morgan fingerprint density at radius 2 is 1.93 bits per heavy atom. The third-order valence-corrected chi connectivity index (χ3v) is 2.96. The average Bonchev–Trinajstić information content (AvgIpc) is 2.48. The van der Waals surface area contributed by atoms with Crippen molar-refractivity contribution in [2.24, 2.45) is 0 Å². The molecule has 1 aromatic rings. The summed E-state index contributed by atoms with van der Waals surface area (Å²) in [5.74, 6) is 0.160. The van der Waals surface area contributed by atoms with Crippen molar-refractivity contribution in [3.63, 3.8) is 0 Å². The molecule has 1 heterocycles. The van der Waals surface area contributed by atoms with Crippen LogP contribution >= 0.6 is 0 Å². The van der Waals surface area contributed by atoms with Gasteiger partial charge < -0.3 is 5.32 Å². The molecule has 1 aliphatic heterocycles. The van der Waals surface area contributed by atoms with Gasteiger partial charge in [-0.3, -0.25) is 4.79 Å². The van der Waals surface area contributed by atoms with E-state index in [0.29, 0.717) is 6.42 Å². The van der Waals surface area contributed by atoms with Crippen LogP contribution in [0.2, 0.25) is 0 Å². The Morgan fingerprint density at radius 3 is 2.43 bits per heavy atom. The zero-order chi connectivity index (χ0) is 10.2. The van der Waals surface area contributed by atoms with Crippen LogP contribution in [0, 0.1) is 6.92 Å². The Bertz CT molecular complexity index is 355. The highest BCUT2D eigenvalue weighted by Crippen LogP contribution is 2.30. The summed E-state index contributed by atoms with van der Waals surface area (Å²) in [7, 11) is 0. The number of hydrogen-bond donors (Lipinski definition) is 1. The van der Waals surface area contributed by atoms with Crippen LogP contribution in [-0.2, 0) is 10.3 Å². The number of hydrogen-bond acceptors (Lipinski definition) is 1. The van der Waals surface area contributed by atoms with E-state index in [9.17, 15) is 4.79 Å². The predicted octanol–water partition coefficient (Wildman–Crippen LogP) is 2.12. The maximum Gasteiger partial charge on any atom is 0.220 e. The molecule has 1 N–H and O–H groups in total. The van der Waals surface area contributed by atoms with Gasteiger partial charge in [0.25, 0.3) is 0 Å². The Kier molecular flexibility index (Phi) is 2.06. The number of carbonyl (C=O) groups is 1. The second-order valence-electron chi connectivity index (χ2n) is 4.25. The first-order chi connectivity index (χ1) is 6.60. The molecule has 1 saturated heterocycles. The summed E-state index contributed by atoms with van der Waals surface area (Å²) in [4.78, 5) is 11.2. The van der Waals surface area contributed by atoms with E-state index < -0.39 is 0 Å². The Balaban J connectivity index is 2.30. The molecule has 1 amide bonds. The highest BCUT2D eigenvalue weighted by Gasteiger charge is 2.34. The lowest BCUT2D eigenvalue weighted by atomic mass is 9.90. The fourth-order valence-corrected chi connectivity index (χ4v) is 1.93. The van der Waals surface area contributed by atoms with Crippen LogP contribution in [0.4, 0.5) is 0 Å². The molecule has 74 valence electrons. The topological polar surface area (TPSA) is 29.1 Å². The Labute approximate surface area is 84.3 Å². The highest BCUT2D eigenvalue weighted by atomic mass is 16.2. The van der Waals surface area contributed by atoms with Gasteiger partial charge in [0, 0.05) is 6.42 Å². The first kappa shape index (κ1) is 9.25. The monoisotopic (exact) mass is 189 g/mol. The molecule has 0 spiro atoms. The predicted molar refractivity (Wildman–Crippen MR) is 55.9 cm³/mol. The lowest BCUT2D eigenvalue weighted by molar-refractivity contribution is -0.119. The molecule has 1 fully saturated rings. The van der Waals surface area contributed by atoms with Gasteiger partial charge in [-0.1, -0.05) is 29.8 Å². The van der Waals surface area contributed by atoms with Crippen molar-refractivity contribution >= 4 is 5.91 Å². The van der Waals surface area contributed by atoms with E-state index in [1.54, 1.807) is 0 Å². The van der Waals surface area contributed by atoms with Crippen LogP contribution in [0.15, 0.2) is 24.3 Å². The molecular formula is C12H15NO. The van der Waals surface area contributed by atoms with E-state index in [1.165, 1.54) is 11.1 Å². The van der Waals surface area contributed by atoms with Crippen molar-refractivity contribution < 1.29 is 4.79 Å². The minimum Gasteiger partial charge on any atom is -0.347 e. The maximum atomic E-state index is 11.2. The number of aryl methyl sites for hydroxylation is 1. The van der Waals surface area contributed by atoms with Crippen molar-refractivity contribution in [1.29, 1.82) is 0 Å². The third-order valence-electron chi connectivity index (χ3n) is 2.96. The van der Waals surface area contributed by atoms with Crippen molar-refractivity contribution in [1.82, 2.24) is 5.32 Å². The normalized spacial score (nSPS) is 26.3. The Hall–Kier alpha value is -1.31. The molecule has 0 bridgehead atoms. The second-order valence-corrected chi connectivity index (χ2v) is 4.25. The minimum atomic E-state index is -0.148. The maximum absolute atomic E-state index is 11.2. The lowest BCUT2D eigenvalue weighted by Crippen LogP contribution is -2.35. The number of rotatable bonds is 1. The molecule has 1 unspecified atom stereocenters. The molecule has 0 saturated carbocycles. The van der Waals surface area contributed by atoms with Crippen molar-refractivity contribution in [3.8, 4) is 0 Å². The molecule has 0 radical (unpaired) electrons. The van der Waals surface area contributed by atoms with E-state index >= 15 is 0 Å². The molecule has 0 aromatic heterocycles. The van der Waals surface area contributed by atoms with Gasteiger partial charge in [-0.05, 0) is 25.8 Å². The van der Waals surface area contributed by atoms with Crippen molar-refractivity contribution in [3.05, 3.63) is 35.4 Å². The molecule has 1 aromatic carbocycles. The molecule has 14 heavy (non-hydrogen) atoms. The number of amides is 1. The first-order valence-corrected chi connectivity index (χ1v) is 4.98. The number of carbonyl (C=O) groups excluding carboxylic acids is 1. The zero-order valence-corrected chi connectivity index (χ0v) is 8.63.